The van der Waals surface area contributed by atoms with E-state index in [0.717, 1.165) is 0 Å². The largest absolute Gasteiger partial charge is 0.398 e. The van der Waals surface area contributed by atoms with Gasteiger partial charge in [0.15, 0.2) is 5.82 Å². The zero-order valence-corrected chi connectivity index (χ0v) is 11.1. The molecule has 0 atom stereocenters. The Hall–Kier alpha value is -2.83. The summed E-state index contributed by atoms with van der Waals surface area (Å²) in [4.78, 5) is 0. The first-order chi connectivity index (χ1) is 10.1. The highest BCUT2D eigenvalue weighted by atomic mass is 19.1. The molecule has 0 aliphatic carbocycles. The average Bonchev–Trinajstić information content (AvgIpc) is 2.91. The van der Waals surface area contributed by atoms with Crippen molar-refractivity contribution in [3.63, 3.8) is 0 Å². The molecular formula is C14H11F2N5. The van der Waals surface area contributed by atoms with Gasteiger partial charge in [-0.2, -0.15) is 4.68 Å². The summed E-state index contributed by atoms with van der Waals surface area (Å²) < 4.78 is 28.2. The van der Waals surface area contributed by atoms with Crippen molar-refractivity contribution in [1.82, 2.24) is 20.2 Å². The lowest BCUT2D eigenvalue weighted by Gasteiger charge is -2.09. The van der Waals surface area contributed by atoms with Gasteiger partial charge < -0.3 is 5.73 Å². The van der Waals surface area contributed by atoms with E-state index in [1.807, 2.05) is 0 Å². The summed E-state index contributed by atoms with van der Waals surface area (Å²) in [5.41, 5.74) is 7.40. The lowest BCUT2D eigenvalue weighted by Crippen LogP contribution is -2.04. The van der Waals surface area contributed by atoms with Crippen molar-refractivity contribution in [2.24, 2.45) is 0 Å². The zero-order chi connectivity index (χ0) is 15.0. The molecule has 0 bridgehead atoms. The lowest BCUT2D eigenvalue weighted by atomic mass is 10.1. The van der Waals surface area contributed by atoms with E-state index < -0.39 is 5.82 Å². The summed E-state index contributed by atoms with van der Waals surface area (Å²) in [6, 6.07) is 8.56. The van der Waals surface area contributed by atoms with Gasteiger partial charge in [-0.15, -0.1) is 5.10 Å². The van der Waals surface area contributed by atoms with Crippen LogP contribution in [0.25, 0.3) is 17.1 Å². The predicted octanol–water partition coefficient (Wildman–Crippen LogP) is 2.50. The molecule has 0 radical (unpaired) electrons. The molecule has 5 nitrogen and oxygen atoms in total. The maximum absolute atomic E-state index is 13.7. The smallest absolute Gasteiger partial charge is 0.189 e. The minimum atomic E-state index is -0.447. The highest BCUT2D eigenvalue weighted by molar-refractivity contribution is 5.72. The number of rotatable bonds is 2. The number of anilines is 1. The quantitative estimate of drug-likeness (QED) is 0.735. The molecule has 0 saturated carbocycles. The third-order valence-electron chi connectivity index (χ3n) is 3.19. The van der Waals surface area contributed by atoms with Crippen LogP contribution in [0.4, 0.5) is 14.5 Å². The maximum Gasteiger partial charge on any atom is 0.189 e. The third kappa shape index (κ3) is 2.22. The minimum absolute atomic E-state index is 0.208. The molecule has 3 rings (SSSR count). The fourth-order valence-corrected chi connectivity index (χ4v) is 2.08. The van der Waals surface area contributed by atoms with Crippen molar-refractivity contribution in [3.8, 4) is 17.1 Å². The van der Waals surface area contributed by atoms with E-state index in [9.17, 15) is 8.78 Å². The molecule has 1 aromatic heterocycles. The van der Waals surface area contributed by atoms with Crippen LogP contribution < -0.4 is 5.73 Å². The molecule has 0 aliphatic heterocycles. The Morgan fingerprint density at radius 2 is 1.95 bits per heavy atom. The molecule has 0 fully saturated rings. The number of nitrogen functional groups attached to an aromatic ring is 1. The molecule has 3 aromatic rings. The zero-order valence-electron chi connectivity index (χ0n) is 11.1. The Kier molecular flexibility index (Phi) is 3.09. The van der Waals surface area contributed by atoms with E-state index in [1.165, 1.54) is 28.9 Å². The molecule has 2 aromatic carbocycles. The first-order valence-corrected chi connectivity index (χ1v) is 6.17. The van der Waals surface area contributed by atoms with Crippen molar-refractivity contribution < 1.29 is 8.78 Å². The van der Waals surface area contributed by atoms with Crippen LogP contribution in [0.5, 0.6) is 0 Å². The van der Waals surface area contributed by atoms with Crippen LogP contribution >= 0.6 is 0 Å². The summed E-state index contributed by atoms with van der Waals surface area (Å²) in [7, 11) is 0. The van der Waals surface area contributed by atoms with Crippen LogP contribution in [0, 0.1) is 18.6 Å². The van der Waals surface area contributed by atoms with Gasteiger partial charge in [0.1, 0.15) is 11.6 Å². The van der Waals surface area contributed by atoms with Crippen LogP contribution in [-0.4, -0.2) is 20.2 Å². The van der Waals surface area contributed by atoms with Crippen molar-refractivity contribution in [2.75, 3.05) is 5.73 Å². The monoisotopic (exact) mass is 287 g/mol. The van der Waals surface area contributed by atoms with E-state index >= 15 is 0 Å². The van der Waals surface area contributed by atoms with E-state index in [4.69, 9.17) is 5.73 Å². The molecule has 0 amide bonds. The van der Waals surface area contributed by atoms with E-state index in [0.29, 0.717) is 22.6 Å². The Morgan fingerprint density at radius 3 is 2.71 bits per heavy atom. The Morgan fingerprint density at radius 1 is 1.14 bits per heavy atom. The van der Waals surface area contributed by atoms with Crippen LogP contribution in [0.15, 0.2) is 36.4 Å². The number of nitrogens with two attached hydrogens (primary N) is 1. The molecule has 1 heterocycles. The fraction of sp³-hybridized carbons (Fsp3) is 0.0714. The van der Waals surface area contributed by atoms with E-state index in [-0.39, 0.29) is 11.5 Å². The number of tetrazole rings is 1. The standard InChI is InChI=1S/C14H11F2N5/c1-8-11(16)3-2-4-13(8)21-14(18-19-20-21)10-6-5-9(15)7-12(10)17/h2-7H,17H2,1H3. The SMILES string of the molecule is Cc1c(F)cccc1-n1nnnc1-c1ccc(F)cc1N. The number of nitrogens with zero attached hydrogens (tertiary/aromatic N) is 4. The van der Waals surface area contributed by atoms with Crippen LogP contribution in [0.1, 0.15) is 5.56 Å². The second-order valence-corrected chi connectivity index (χ2v) is 4.53. The number of aromatic nitrogens is 4. The van der Waals surface area contributed by atoms with Crippen LogP contribution in [0.3, 0.4) is 0 Å². The van der Waals surface area contributed by atoms with Gasteiger partial charge in [-0.1, -0.05) is 6.07 Å². The second-order valence-electron chi connectivity index (χ2n) is 4.53. The third-order valence-corrected chi connectivity index (χ3v) is 3.19. The molecule has 7 heteroatoms. The van der Waals surface area contributed by atoms with Gasteiger partial charge in [-0.05, 0) is 47.7 Å². The topological polar surface area (TPSA) is 69.6 Å². The molecular weight excluding hydrogens is 276 g/mol. The Labute approximate surface area is 119 Å². The summed E-state index contributed by atoms with van der Waals surface area (Å²) in [6.07, 6.45) is 0. The van der Waals surface area contributed by atoms with Crippen molar-refractivity contribution in [3.05, 3.63) is 53.6 Å². The van der Waals surface area contributed by atoms with Crippen molar-refractivity contribution in [2.45, 2.75) is 6.92 Å². The number of hydrogen-bond acceptors (Lipinski definition) is 4. The molecule has 2 N–H and O–H groups in total. The van der Waals surface area contributed by atoms with Gasteiger partial charge in [-0.25, -0.2) is 8.78 Å². The predicted molar refractivity (Wildman–Crippen MR) is 73.7 cm³/mol. The summed E-state index contributed by atoms with van der Waals surface area (Å²) in [5.74, 6) is -0.487. The van der Waals surface area contributed by atoms with Crippen LogP contribution in [-0.2, 0) is 0 Å². The van der Waals surface area contributed by atoms with Crippen LogP contribution in [0.2, 0.25) is 0 Å². The fourth-order valence-electron chi connectivity index (χ4n) is 2.08. The minimum Gasteiger partial charge on any atom is -0.398 e. The summed E-state index contributed by atoms with van der Waals surface area (Å²) in [6.45, 7) is 1.63. The van der Waals surface area contributed by atoms with E-state index in [1.54, 1.807) is 19.1 Å². The molecule has 0 saturated heterocycles. The van der Waals surface area contributed by atoms with Gasteiger partial charge in [-0.3, -0.25) is 0 Å². The number of halogens is 2. The van der Waals surface area contributed by atoms with E-state index in [2.05, 4.69) is 15.5 Å². The van der Waals surface area contributed by atoms with Gasteiger partial charge in [0.2, 0.25) is 0 Å². The highest BCUT2D eigenvalue weighted by Crippen LogP contribution is 2.27. The first-order valence-electron chi connectivity index (χ1n) is 6.17. The Bertz CT molecular complexity index is 813. The van der Waals surface area contributed by atoms with Gasteiger partial charge >= 0.3 is 0 Å². The molecule has 0 aliphatic rings. The summed E-state index contributed by atoms with van der Waals surface area (Å²) in [5, 5.41) is 11.4. The molecule has 21 heavy (non-hydrogen) atoms. The van der Waals surface area contributed by atoms with Gasteiger partial charge in [0, 0.05) is 16.8 Å². The molecule has 0 unspecified atom stereocenters. The van der Waals surface area contributed by atoms with Crippen molar-refractivity contribution >= 4 is 5.69 Å². The van der Waals surface area contributed by atoms with Gasteiger partial charge in [0.05, 0.1) is 5.69 Å². The Balaban J connectivity index is 2.20. The first kappa shape index (κ1) is 13.2. The van der Waals surface area contributed by atoms with Crippen molar-refractivity contribution in [1.29, 1.82) is 0 Å². The second kappa shape index (κ2) is 4.93. The number of hydrogen-bond donors (Lipinski definition) is 1. The normalized spacial score (nSPS) is 10.8. The molecule has 0 spiro atoms. The number of benzene rings is 2. The van der Waals surface area contributed by atoms with Gasteiger partial charge in [0.25, 0.3) is 0 Å². The summed E-state index contributed by atoms with van der Waals surface area (Å²) >= 11 is 0. The highest BCUT2D eigenvalue weighted by Gasteiger charge is 2.16. The maximum atomic E-state index is 13.7. The lowest BCUT2D eigenvalue weighted by molar-refractivity contribution is 0.614. The molecule has 106 valence electrons. The average molecular weight is 287 g/mol.